The second-order valence-electron chi connectivity index (χ2n) is 16.2. The molecule has 2 aliphatic carbocycles. The van der Waals surface area contributed by atoms with Gasteiger partial charge in [-0.15, -0.1) is 17.0 Å². The molecule has 330 valence electrons. The first-order chi connectivity index (χ1) is 29.0. The van der Waals surface area contributed by atoms with Gasteiger partial charge in [0.25, 0.3) is 0 Å². The number of carbonyl (C=O) groups excluding carboxylic acids is 1. The van der Waals surface area contributed by atoms with Crippen LogP contribution in [0.3, 0.4) is 0 Å². The molecule has 0 spiro atoms. The number of hydrogen-bond acceptors (Lipinski definition) is 10. The fraction of sp³-hybridized carbons (Fsp3) is 0.542. The molecule has 0 amide bonds. The Morgan fingerprint density at radius 2 is 1.85 bits per heavy atom. The van der Waals surface area contributed by atoms with Crippen molar-refractivity contribution in [2.75, 3.05) is 19.8 Å². The number of nitrogens with zero attached hydrogens (tertiary/aromatic N) is 4. The number of pyridine rings is 2. The molecule has 6 atom stereocenters. The molecule has 0 saturated heterocycles. The summed E-state index contributed by atoms with van der Waals surface area (Å²) < 4.78 is 25.0. The van der Waals surface area contributed by atoms with Gasteiger partial charge < -0.3 is 42.9 Å². The van der Waals surface area contributed by atoms with Crippen molar-refractivity contribution in [1.29, 1.82) is 5.26 Å². The van der Waals surface area contributed by atoms with Gasteiger partial charge in [0.1, 0.15) is 17.5 Å². The number of alkyl halides is 1. The number of hydrogen-bond donors (Lipinski definition) is 2. The predicted molar refractivity (Wildman–Crippen MR) is 234 cm³/mol. The number of nitriles is 1. The van der Waals surface area contributed by atoms with Crippen LogP contribution in [-0.4, -0.2) is 56.1 Å². The Balaban J connectivity index is 0.000000320. The number of aliphatic hydroxyl groups is 2. The molecular weight excluding hydrogens is 977 g/mol. The number of unbranched alkanes of at least 4 members (excludes halogenated alkanes) is 2. The van der Waals surface area contributed by atoms with Crippen LogP contribution < -0.4 is 9.47 Å². The smallest absolute Gasteiger partial charge is 0.213 e. The number of aryl methyl sites for hydroxylation is 3. The molecule has 14 heteroatoms. The number of benzene rings is 1. The largest absolute Gasteiger partial charge is 0.492 e. The molecule has 9 nitrogen and oxygen atoms in total. The molecule has 2 N–H and O–H groups in total. The van der Waals surface area contributed by atoms with Crippen LogP contribution in [0.15, 0.2) is 42.7 Å². The monoisotopic (exact) mass is 1040 g/mol. The predicted octanol–water partition coefficient (Wildman–Crippen LogP) is 9.82. The van der Waals surface area contributed by atoms with E-state index >= 15 is 0 Å². The zero-order valence-corrected chi connectivity index (χ0v) is 43.7. The molecule has 2 aliphatic rings. The van der Waals surface area contributed by atoms with E-state index in [4.69, 9.17) is 21.1 Å². The summed E-state index contributed by atoms with van der Waals surface area (Å²) in [7, 11) is 0. The molecule has 2 fully saturated rings. The molecule has 62 heavy (non-hydrogen) atoms. The number of ketones is 1. The van der Waals surface area contributed by atoms with E-state index in [9.17, 15) is 24.7 Å². The Bertz CT molecular complexity index is 2010. The van der Waals surface area contributed by atoms with E-state index in [1.54, 1.807) is 12.4 Å². The van der Waals surface area contributed by atoms with Gasteiger partial charge in [0.2, 0.25) is 5.88 Å². The number of aliphatic hydroxyl groups excluding tert-OH is 2. The fourth-order valence-corrected chi connectivity index (χ4v) is 9.65. The van der Waals surface area contributed by atoms with Crippen molar-refractivity contribution in [2.45, 2.75) is 122 Å². The van der Waals surface area contributed by atoms with Crippen molar-refractivity contribution in [3.63, 3.8) is 0 Å². The Kier molecular flexibility index (Phi) is 24.9. The molecule has 0 aliphatic heterocycles. The van der Waals surface area contributed by atoms with Gasteiger partial charge in [0.15, 0.2) is 0 Å². The average Bonchev–Trinajstić information content (AvgIpc) is 3.94. The van der Waals surface area contributed by atoms with E-state index in [1.165, 1.54) is 11.3 Å². The number of rotatable bonds is 20. The number of thiazole rings is 1. The standard InChI is InChI=1S/C25H29N2O3.C23H31ClFN2O2S.2Y/c1-4-19-12-18(5-6-21(19)14-26)13-20-7-8-24(29)23(20)15-30-25-11-16(2)22(9-10-28)17(3)27-25;1-2-3-4-7-21(28)17-11-18(13-26-12-17)29-14-19-16(9-10-20(19)24)6-5-8-23-27-22(25)15-30-23;;/h5-6,11-12,20,23,28H,1,4,7-10,13,15H2,2-3H3;11-13,16,19-21,28H,2-10,14H2,1H3;;/q2*-1;;/t20-,23-;16-,19+,20?,21?;;/m10../s1. The minimum Gasteiger partial charge on any atom is -0.492 e. The van der Waals surface area contributed by atoms with E-state index in [1.807, 2.05) is 44.2 Å². The number of aromatic nitrogens is 3. The summed E-state index contributed by atoms with van der Waals surface area (Å²) in [6.07, 6.45) is 15.2. The number of Topliss-reactive ketones (excluding diaryl/α,β-unsaturated/α-hetero) is 1. The van der Waals surface area contributed by atoms with Crippen LogP contribution in [0, 0.1) is 67.1 Å². The Morgan fingerprint density at radius 1 is 1.05 bits per heavy atom. The van der Waals surface area contributed by atoms with Crippen LogP contribution in [0.25, 0.3) is 0 Å². The number of halogens is 2. The van der Waals surface area contributed by atoms with Crippen LogP contribution in [0.2, 0.25) is 0 Å². The average molecular weight is 1040 g/mol. The summed E-state index contributed by atoms with van der Waals surface area (Å²) in [6.45, 7) is 10.9. The summed E-state index contributed by atoms with van der Waals surface area (Å²) in [5, 5.41) is 32.2. The number of carbonyl (C=O) groups is 1. The van der Waals surface area contributed by atoms with Gasteiger partial charge in [-0.3, -0.25) is 9.78 Å². The molecular formula is C48H60ClFN4O5SY2-2. The first kappa shape index (κ1) is 54.6. The maximum absolute atomic E-state index is 13.0. The Hall–Kier alpha value is -1.74. The second-order valence-corrected chi connectivity index (χ2v) is 17.7. The van der Waals surface area contributed by atoms with Gasteiger partial charge in [-0.05, 0) is 93.0 Å². The van der Waals surface area contributed by atoms with Gasteiger partial charge in [0.05, 0.1) is 43.1 Å². The van der Waals surface area contributed by atoms with Crippen molar-refractivity contribution in [3.05, 3.63) is 105 Å². The molecule has 2 unspecified atom stereocenters. The van der Waals surface area contributed by atoms with Gasteiger partial charge in [-0.1, -0.05) is 68.2 Å². The number of ether oxygens (including phenoxy) is 2. The normalized spacial score (nSPS) is 19.7. The molecule has 0 bridgehead atoms. The minimum absolute atomic E-state index is 0. The van der Waals surface area contributed by atoms with E-state index in [2.05, 4.69) is 40.2 Å². The molecule has 2 radical (unpaired) electrons. The third kappa shape index (κ3) is 16.3. The van der Waals surface area contributed by atoms with Gasteiger partial charge in [-0.25, -0.2) is 9.37 Å². The zero-order valence-electron chi connectivity index (χ0n) is 36.5. The Morgan fingerprint density at radius 3 is 2.55 bits per heavy atom. The molecule has 3 heterocycles. The van der Waals surface area contributed by atoms with E-state index in [0.717, 1.165) is 109 Å². The third-order valence-corrected chi connectivity index (χ3v) is 13.4. The zero-order chi connectivity index (χ0) is 43.0. The SMILES string of the molecule is CCCCCC(O)c1cncc(OC[C@H]2C(Cl)CC[C@@H]2CCCc2nc(F)[c-]s2)c1.[CH2-]Cc1cc(C[C@H]2CCC(=O)[C@@H]2COc2cc(C)c(CCO)c(C)n2)ccc1C#N.[Y].[Y]. The first-order valence-electron chi connectivity index (χ1n) is 21.5. The third-order valence-electron chi connectivity index (χ3n) is 12.1. The second kappa shape index (κ2) is 28.3. The minimum atomic E-state index is -0.505. The van der Waals surface area contributed by atoms with E-state index < -0.39 is 12.1 Å². The summed E-state index contributed by atoms with van der Waals surface area (Å²) in [5.41, 5.74) is 6.49. The maximum atomic E-state index is 13.0. The molecule has 4 aromatic rings. The van der Waals surface area contributed by atoms with Crippen LogP contribution in [0.4, 0.5) is 4.39 Å². The summed E-state index contributed by atoms with van der Waals surface area (Å²) in [6, 6.07) is 11.9. The van der Waals surface area contributed by atoms with Crippen molar-refractivity contribution < 1.29 is 94.3 Å². The van der Waals surface area contributed by atoms with Crippen molar-refractivity contribution >= 4 is 28.7 Å². The Labute approximate surface area is 427 Å². The maximum Gasteiger partial charge on any atom is 0.213 e. The summed E-state index contributed by atoms with van der Waals surface area (Å²) in [4.78, 5) is 25.1. The van der Waals surface area contributed by atoms with Gasteiger partial charge in [0, 0.05) is 113 Å². The van der Waals surface area contributed by atoms with Gasteiger partial charge >= 0.3 is 0 Å². The van der Waals surface area contributed by atoms with Crippen LogP contribution >= 0.6 is 22.9 Å². The summed E-state index contributed by atoms with van der Waals surface area (Å²) in [5.74, 6) is 1.81. The molecule has 2 saturated carbocycles. The molecule has 3 aromatic heterocycles. The van der Waals surface area contributed by atoms with Crippen LogP contribution in [0.1, 0.15) is 121 Å². The van der Waals surface area contributed by atoms with Crippen molar-refractivity contribution in [3.8, 4) is 17.7 Å². The van der Waals surface area contributed by atoms with Crippen molar-refractivity contribution in [2.24, 2.45) is 23.7 Å². The molecule has 1 aromatic carbocycles. The quantitative estimate of drug-likeness (QED) is 0.0504. The topological polar surface area (TPSA) is 138 Å². The fourth-order valence-electron chi connectivity index (χ4n) is 8.62. The van der Waals surface area contributed by atoms with Gasteiger partial charge in [-0.2, -0.15) is 11.7 Å². The summed E-state index contributed by atoms with van der Waals surface area (Å²) >= 11 is 7.85. The van der Waals surface area contributed by atoms with Crippen LogP contribution in [0.5, 0.6) is 11.6 Å². The van der Waals surface area contributed by atoms with E-state index in [0.29, 0.717) is 55.6 Å². The van der Waals surface area contributed by atoms with Crippen molar-refractivity contribution in [1.82, 2.24) is 15.0 Å². The van der Waals surface area contributed by atoms with Crippen LogP contribution in [-0.2, 0) is 95.9 Å². The first-order valence-corrected chi connectivity index (χ1v) is 22.8. The molecule has 6 rings (SSSR count). The van der Waals surface area contributed by atoms with E-state index in [-0.39, 0.29) is 101 Å².